The number of nitrogens with zero attached hydrogens (tertiary/aromatic N) is 3. The van der Waals surface area contributed by atoms with Gasteiger partial charge in [0.2, 0.25) is 5.91 Å². The fourth-order valence-corrected chi connectivity index (χ4v) is 4.66. The summed E-state index contributed by atoms with van der Waals surface area (Å²) in [6, 6.07) is 8.46. The van der Waals surface area contributed by atoms with Crippen molar-refractivity contribution in [3.8, 4) is 5.75 Å². The zero-order valence-corrected chi connectivity index (χ0v) is 17.2. The van der Waals surface area contributed by atoms with Crippen molar-refractivity contribution in [3.05, 3.63) is 29.8 Å². The molecule has 154 valence electrons. The Labute approximate surface area is 168 Å². The number of piperidine rings is 1. The van der Waals surface area contributed by atoms with Gasteiger partial charge in [0.1, 0.15) is 12.4 Å². The molecule has 3 aliphatic rings. The van der Waals surface area contributed by atoms with E-state index in [9.17, 15) is 4.79 Å². The summed E-state index contributed by atoms with van der Waals surface area (Å²) in [5, 5.41) is 3.02. The number of rotatable bonds is 6. The normalized spacial score (nSPS) is 23.8. The van der Waals surface area contributed by atoms with E-state index in [1.807, 2.05) is 0 Å². The van der Waals surface area contributed by atoms with Crippen LogP contribution in [0.25, 0.3) is 0 Å². The van der Waals surface area contributed by atoms with Crippen LogP contribution in [0.15, 0.2) is 24.3 Å². The third kappa shape index (κ3) is 4.85. The van der Waals surface area contributed by atoms with Gasteiger partial charge in [-0.05, 0) is 44.5 Å². The maximum absolute atomic E-state index is 11.6. The van der Waals surface area contributed by atoms with E-state index in [1.165, 1.54) is 5.56 Å². The van der Waals surface area contributed by atoms with Crippen molar-refractivity contribution in [2.75, 3.05) is 66.0 Å². The van der Waals surface area contributed by atoms with E-state index in [0.717, 1.165) is 84.1 Å². The number of likely N-dealkylation sites (tertiary alicyclic amines) is 1. The van der Waals surface area contributed by atoms with Gasteiger partial charge in [0.25, 0.3) is 0 Å². The zero-order valence-electron chi connectivity index (χ0n) is 17.2. The van der Waals surface area contributed by atoms with Crippen molar-refractivity contribution in [1.29, 1.82) is 0 Å². The molecule has 28 heavy (non-hydrogen) atoms. The molecule has 0 radical (unpaired) electrons. The minimum Gasteiger partial charge on any atom is -0.492 e. The first-order valence-corrected chi connectivity index (χ1v) is 10.7. The molecule has 6 nitrogen and oxygen atoms in total. The van der Waals surface area contributed by atoms with Crippen LogP contribution in [0.2, 0.25) is 0 Å². The lowest BCUT2D eigenvalue weighted by Crippen LogP contribution is -2.45. The summed E-state index contributed by atoms with van der Waals surface area (Å²) >= 11 is 0. The highest BCUT2D eigenvalue weighted by molar-refractivity contribution is 5.79. The van der Waals surface area contributed by atoms with Gasteiger partial charge in [0.05, 0.1) is 0 Å². The van der Waals surface area contributed by atoms with Crippen molar-refractivity contribution in [2.24, 2.45) is 5.41 Å². The lowest BCUT2D eigenvalue weighted by atomic mass is 9.77. The number of carbonyl (C=O) groups is 1. The van der Waals surface area contributed by atoms with Crippen molar-refractivity contribution in [1.82, 2.24) is 20.0 Å². The first-order chi connectivity index (χ1) is 13.6. The van der Waals surface area contributed by atoms with E-state index >= 15 is 0 Å². The number of piperazine rings is 1. The Bertz CT molecular complexity index is 664. The molecule has 3 saturated heterocycles. The second-order valence-corrected chi connectivity index (χ2v) is 8.83. The van der Waals surface area contributed by atoms with Crippen LogP contribution in [0.4, 0.5) is 0 Å². The molecule has 3 fully saturated rings. The molecule has 0 unspecified atom stereocenters. The van der Waals surface area contributed by atoms with Gasteiger partial charge in [0, 0.05) is 57.8 Å². The van der Waals surface area contributed by atoms with Crippen LogP contribution in [-0.2, 0) is 11.3 Å². The van der Waals surface area contributed by atoms with E-state index in [1.54, 1.807) is 0 Å². The van der Waals surface area contributed by atoms with Gasteiger partial charge in [-0.3, -0.25) is 14.6 Å². The number of hydrogen-bond acceptors (Lipinski definition) is 5. The molecule has 3 heterocycles. The number of benzene rings is 1. The highest BCUT2D eigenvalue weighted by atomic mass is 16.5. The molecule has 0 atom stereocenters. The second-order valence-electron chi connectivity index (χ2n) is 8.83. The molecule has 1 N–H and O–H groups in total. The Morgan fingerprint density at radius 2 is 1.79 bits per heavy atom. The fourth-order valence-electron chi connectivity index (χ4n) is 4.66. The minimum atomic E-state index is 0.214. The van der Waals surface area contributed by atoms with Gasteiger partial charge in [-0.15, -0.1) is 0 Å². The highest BCUT2D eigenvalue weighted by Gasteiger charge is 2.40. The van der Waals surface area contributed by atoms with Crippen molar-refractivity contribution in [3.63, 3.8) is 0 Å². The summed E-state index contributed by atoms with van der Waals surface area (Å²) in [6.45, 7) is 10.2. The molecular weight excluding hydrogens is 352 g/mol. The predicted molar refractivity (Wildman–Crippen MR) is 110 cm³/mol. The Kier molecular flexibility index (Phi) is 6.19. The van der Waals surface area contributed by atoms with Crippen LogP contribution < -0.4 is 10.1 Å². The molecule has 0 bridgehead atoms. The molecule has 1 amide bonds. The van der Waals surface area contributed by atoms with Crippen LogP contribution in [0.5, 0.6) is 5.75 Å². The average Bonchev–Trinajstić information content (AvgIpc) is 3.07. The van der Waals surface area contributed by atoms with Crippen LogP contribution in [0.1, 0.15) is 24.8 Å². The standard InChI is InChI=1S/C22H34N4O2/c1-24-10-12-25(13-11-24)14-15-28-20-5-3-2-4-19(20)17-26-8-6-22(7-9-26)16-21(27)23-18-22/h2-5H,6-18H2,1H3,(H,23,27). The van der Waals surface area contributed by atoms with Gasteiger partial charge in [0.15, 0.2) is 0 Å². The van der Waals surface area contributed by atoms with Crippen LogP contribution >= 0.6 is 0 Å². The topological polar surface area (TPSA) is 48.1 Å². The molecule has 1 aromatic carbocycles. The molecule has 1 aromatic rings. The van der Waals surface area contributed by atoms with Gasteiger partial charge in [-0.2, -0.15) is 0 Å². The van der Waals surface area contributed by atoms with E-state index < -0.39 is 0 Å². The van der Waals surface area contributed by atoms with Crippen LogP contribution in [0.3, 0.4) is 0 Å². The molecule has 0 aliphatic carbocycles. The molecule has 3 aliphatic heterocycles. The average molecular weight is 387 g/mol. The van der Waals surface area contributed by atoms with Crippen LogP contribution in [0, 0.1) is 5.41 Å². The zero-order chi connectivity index (χ0) is 19.4. The lowest BCUT2D eigenvalue weighted by Gasteiger charge is -2.38. The SMILES string of the molecule is CN1CCN(CCOc2ccccc2CN2CCC3(CC2)CNC(=O)C3)CC1. The number of amides is 1. The maximum Gasteiger partial charge on any atom is 0.220 e. The monoisotopic (exact) mass is 386 g/mol. The first-order valence-electron chi connectivity index (χ1n) is 10.7. The third-order valence-corrected chi connectivity index (χ3v) is 6.74. The number of ether oxygens (including phenoxy) is 1. The third-order valence-electron chi connectivity index (χ3n) is 6.74. The molecule has 6 heteroatoms. The second kappa shape index (κ2) is 8.80. The Hall–Kier alpha value is -1.63. The van der Waals surface area contributed by atoms with E-state index in [4.69, 9.17) is 4.74 Å². The molecule has 0 saturated carbocycles. The fraction of sp³-hybridized carbons (Fsp3) is 0.682. The van der Waals surface area contributed by atoms with Gasteiger partial charge in [-0.25, -0.2) is 0 Å². The number of hydrogen-bond donors (Lipinski definition) is 1. The Balaban J connectivity index is 1.26. The summed E-state index contributed by atoms with van der Waals surface area (Å²) in [6.07, 6.45) is 2.93. The van der Waals surface area contributed by atoms with Crippen molar-refractivity contribution < 1.29 is 9.53 Å². The predicted octanol–water partition coefficient (Wildman–Crippen LogP) is 1.41. The molecule has 0 aromatic heterocycles. The number of likely N-dealkylation sites (N-methyl/N-ethyl adjacent to an activating group) is 1. The Morgan fingerprint density at radius 1 is 1.04 bits per heavy atom. The van der Waals surface area contributed by atoms with Crippen molar-refractivity contribution >= 4 is 5.91 Å². The molecule has 1 spiro atoms. The highest BCUT2D eigenvalue weighted by Crippen LogP contribution is 2.38. The minimum absolute atomic E-state index is 0.214. The summed E-state index contributed by atoms with van der Waals surface area (Å²) in [5.74, 6) is 1.25. The largest absolute Gasteiger partial charge is 0.492 e. The van der Waals surface area contributed by atoms with Crippen molar-refractivity contribution in [2.45, 2.75) is 25.8 Å². The van der Waals surface area contributed by atoms with E-state index in [2.05, 4.69) is 51.3 Å². The summed E-state index contributed by atoms with van der Waals surface area (Å²) in [4.78, 5) is 19.0. The van der Waals surface area contributed by atoms with Gasteiger partial charge in [-0.1, -0.05) is 18.2 Å². The van der Waals surface area contributed by atoms with Crippen LogP contribution in [-0.4, -0.2) is 86.6 Å². The lowest BCUT2D eigenvalue weighted by molar-refractivity contribution is -0.119. The summed E-state index contributed by atoms with van der Waals surface area (Å²) in [7, 11) is 2.19. The van der Waals surface area contributed by atoms with E-state index in [-0.39, 0.29) is 11.3 Å². The summed E-state index contributed by atoms with van der Waals surface area (Å²) < 4.78 is 6.18. The smallest absolute Gasteiger partial charge is 0.220 e. The number of nitrogens with one attached hydrogen (secondary N) is 1. The first kappa shape index (κ1) is 19.7. The van der Waals surface area contributed by atoms with Gasteiger partial charge >= 0.3 is 0 Å². The van der Waals surface area contributed by atoms with Gasteiger partial charge < -0.3 is 15.0 Å². The maximum atomic E-state index is 11.6. The number of para-hydroxylation sites is 1. The summed E-state index contributed by atoms with van der Waals surface area (Å²) in [5.41, 5.74) is 1.49. The Morgan fingerprint density at radius 3 is 2.50 bits per heavy atom. The quantitative estimate of drug-likeness (QED) is 0.801. The number of carbonyl (C=O) groups excluding carboxylic acids is 1. The molecular formula is C22H34N4O2. The molecule has 4 rings (SSSR count). The van der Waals surface area contributed by atoms with E-state index in [0.29, 0.717) is 6.42 Å².